The zero-order valence-electron chi connectivity index (χ0n) is 12.3. The second-order valence-corrected chi connectivity index (χ2v) is 4.75. The molecular weight excluding hydrogens is 271 g/mol. The summed E-state index contributed by atoms with van der Waals surface area (Å²) in [6, 6.07) is 9.54. The summed E-state index contributed by atoms with van der Waals surface area (Å²) < 4.78 is 23.5. The van der Waals surface area contributed by atoms with Gasteiger partial charge in [-0.2, -0.15) is 0 Å². The van der Waals surface area contributed by atoms with Gasteiger partial charge in [0.25, 0.3) is 0 Å². The normalized spacial score (nSPS) is 10.3. The molecule has 0 bridgehead atoms. The lowest BCUT2D eigenvalue weighted by Gasteiger charge is -2.10. The molecule has 110 valence electrons. The number of Topliss-reactive ketones (excluding diaryl/α,β-unsaturated/α-hetero) is 1. The maximum atomic E-state index is 13.1. The minimum atomic E-state index is -0.338. The highest BCUT2D eigenvalue weighted by Gasteiger charge is 2.12. The highest BCUT2D eigenvalue weighted by molar-refractivity contribution is 5.98. The maximum Gasteiger partial charge on any atom is 0.167 e. The zero-order valence-corrected chi connectivity index (χ0v) is 12.3. The molecule has 2 aromatic rings. The van der Waals surface area contributed by atoms with Gasteiger partial charge in [-0.05, 0) is 48.4 Å². The van der Waals surface area contributed by atoms with Crippen molar-refractivity contribution < 1.29 is 18.7 Å². The van der Waals surface area contributed by atoms with Crippen molar-refractivity contribution in [3.05, 3.63) is 58.9 Å². The number of methoxy groups -OCH3 is 2. The van der Waals surface area contributed by atoms with E-state index in [4.69, 9.17) is 9.47 Å². The Labute approximate surface area is 123 Å². The molecule has 0 aliphatic carbocycles. The first-order chi connectivity index (χ1) is 10.0. The molecule has 0 heterocycles. The monoisotopic (exact) mass is 288 g/mol. The van der Waals surface area contributed by atoms with E-state index in [2.05, 4.69) is 0 Å². The van der Waals surface area contributed by atoms with E-state index in [9.17, 15) is 9.18 Å². The zero-order chi connectivity index (χ0) is 15.4. The number of aryl methyl sites for hydroxylation is 1. The fraction of sp³-hybridized carbons (Fsp3) is 0.235. The minimum Gasteiger partial charge on any atom is -0.493 e. The molecule has 0 saturated carbocycles. The molecule has 4 heteroatoms. The lowest BCUT2D eigenvalue weighted by Crippen LogP contribution is -2.06. The molecule has 2 aromatic carbocycles. The van der Waals surface area contributed by atoms with Crippen LogP contribution in [0, 0.1) is 12.7 Å². The second-order valence-electron chi connectivity index (χ2n) is 4.75. The molecule has 0 N–H and O–H groups in total. The van der Waals surface area contributed by atoms with Gasteiger partial charge in [0.1, 0.15) is 5.82 Å². The molecular formula is C17H17FO3. The molecule has 3 nitrogen and oxygen atoms in total. The number of halogens is 1. The van der Waals surface area contributed by atoms with Crippen molar-refractivity contribution in [1.82, 2.24) is 0 Å². The van der Waals surface area contributed by atoms with Gasteiger partial charge >= 0.3 is 0 Å². The Hall–Kier alpha value is -2.36. The number of carbonyl (C=O) groups excluding carboxylic acids is 1. The predicted molar refractivity (Wildman–Crippen MR) is 78.7 cm³/mol. The van der Waals surface area contributed by atoms with E-state index in [0.717, 1.165) is 5.56 Å². The predicted octanol–water partition coefficient (Wildman–Crippen LogP) is 3.58. The van der Waals surface area contributed by atoms with Crippen LogP contribution in [0.2, 0.25) is 0 Å². The highest BCUT2D eigenvalue weighted by Crippen LogP contribution is 2.28. The minimum absolute atomic E-state index is 0.0558. The highest BCUT2D eigenvalue weighted by atomic mass is 19.1. The summed E-state index contributed by atoms with van der Waals surface area (Å²) in [5, 5.41) is 0. The van der Waals surface area contributed by atoms with Crippen molar-refractivity contribution in [3.63, 3.8) is 0 Å². The van der Waals surface area contributed by atoms with Gasteiger partial charge in [0, 0.05) is 12.0 Å². The van der Waals surface area contributed by atoms with E-state index in [1.54, 1.807) is 33.3 Å². The number of benzene rings is 2. The fourth-order valence-corrected chi connectivity index (χ4v) is 2.21. The average molecular weight is 288 g/mol. The van der Waals surface area contributed by atoms with Gasteiger partial charge in [-0.25, -0.2) is 4.39 Å². The molecule has 0 unspecified atom stereocenters. The quantitative estimate of drug-likeness (QED) is 0.789. The van der Waals surface area contributed by atoms with Gasteiger partial charge < -0.3 is 9.47 Å². The molecule has 0 aromatic heterocycles. The molecule has 0 aliphatic heterocycles. The molecule has 0 amide bonds. The summed E-state index contributed by atoms with van der Waals surface area (Å²) in [6.07, 6.45) is 0.229. The van der Waals surface area contributed by atoms with Crippen LogP contribution >= 0.6 is 0 Å². The van der Waals surface area contributed by atoms with Crippen LogP contribution in [0.25, 0.3) is 0 Å². The lowest BCUT2D eigenvalue weighted by atomic mass is 9.99. The van der Waals surface area contributed by atoms with Gasteiger partial charge in [0.15, 0.2) is 17.3 Å². The van der Waals surface area contributed by atoms with Crippen LogP contribution in [0.4, 0.5) is 4.39 Å². The van der Waals surface area contributed by atoms with Crippen molar-refractivity contribution in [3.8, 4) is 11.5 Å². The third-order valence-electron chi connectivity index (χ3n) is 3.30. The van der Waals surface area contributed by atoms with E-state index < -0.39 is 0 Å². The van der Waals surface area contributed by atoms with Crippen LogP contribution in [0.3, 0.4) is 0 Å². The first-order valence-corrected chi connectivity index (χ1v) is 6.55. The van der Waals surface area contributed by atoms with Gasteiger partial charge in [-0.1, -0.05) is 6.07 Å². The summed E-state index contributed by atoms with van der Waals surface area (Å²) in [5.41, 5.74) is 1.99. The number of carbonyl (C=O) groups is 1. The van der Waals surface area contributed by atoms with Crippen LogP contribution < -0.4 is 9.47 Å². The smallest absolute Gasteiger partial charge is 0.167 e. The Morgan fingerprint density at radius 1 is 1.05 bits per heavy atom. The van der Waals surface area contributed by atoms with Gasteiger partial charge in [-0.15, -0.1) is 0 Å². The first kappa shape index (κ1) is 15.0. The molecule has 0 spiro atoms. The summed E-state index contributed by atoms with van der Waals surface area (Å²) in [5.74, 6) is 0.806. The van der Waals surface area contributed by atoms with E-state index in [1.807, 2.05) is 6.07 Å². The number of rotatable bonds is 5. The summed E-state index contributed by atoms with van der Waals surface area (Å²) in [4.78, 5) is 12.3. The molecule has 0 aliphatic rings. The lowest BCUT2D eigenvalue weighted by molar-refractivity contribution is 0.0992. The van der Waals surface area contributed by atoms with E-state index in [0.29, 0.717) is 22.6 Å². The van der Waals surface area contributed by atoms with Crippen LogP contribution in [0.5, 0.6) is 11.5 Å². The van der Waals surface area contributed by atoms with E-state index in [1.165, 1.54) is 18.2 Å². The van der Waals surface area contributed by atoms with E-state index in [-0.39, 0.29) is 18.0 Å². The SMILES string of the molecule is COc1ccc(CC(=O)c2ccc(F)cc2C)cc1OC. The number of ketones is 1. The van der Waals surface area contributed by atoms with Crippen molar-refractivity contribution in [1.29, 1.82) is 0 Å². The molecule has 0 fully saturated rings. The molecule has 0 radical (unpaired) electrons. The number of hydrogen-bond donors (Lipinski definition) is 0. The summed E-state index contributed by atoms with van der Waals surface area (Å²) >= 11 is 0. The van der Waals surface area contributed by atoms with E-state index >= 15 is 0 Å². The summed E-state index contributed by atoms with van der Waals surface area (Å²) in [7, 11) is 3.11. The fourth-order valence-electron chi connectivity index (χ4n) is 2.21. The van der Waals surface area contributed by atoms with Crippen molar-refractivity contribution in [2.75, 3.05) is 14.2 Å². The average Bonchev–Trinajstić information content (AvgIpc) is 2.46. The van der Waals surface area contributed by atoms with Crippen molar-refractivity contribution in [2.24, 2.45) is 0 Å². The number of hydrogen-bond acceptors (Lipinski definition) is 3. The summed E-state index contributed by atoms with van der Waals surface area (Å²) in [6.45, 7) is 1.73. The van der Waals surface area contributed by atoms with Crippen LogP contribution in [0.1, 0.15) is 21.5 Å². The molecule has 0 atom stereocenters. The Morgan fingerprint density at radius 2 is 1.76 bits per heavy atom. The van der Waals surface area contributed by atoms with Crippen LogP contribution in [-0.2, 0) is 6.42 Å². The van der Waals surface area contributed by atoms with Crippen LogP contribution in [-0.4, -0.2) is 20.0 Å². The topological polar surface area (TPSA) is 35.5 Å². The Kier molecular flexibility index (Phi) is 4.58. The van der Waals surface area contributed by atoms with Gasteiger partial charge in [0.05, 0.1) is 14.2 Å². The van der Waals surface area contributed by atoms with Gasteiger partial charge in [-0.3, -0.25) is 4.79 Å². The first-order valence-electron chi connectivity index (χ1n) is 6.55. The Balaban J connectivity index is 2.23. The third kappa shape index (κ3) is 3.40. The molecule has 2 rings (SSSR count). The second kappa shape index (κ2) is 6.39. The Bertz CT molecular complexity index is 665. The number of ether oxygens (including phenoxy) is 2. The molecule has 21 heavy (non-hydrogen) atoms. The van der Waals surface area contributed by atoms with Crippen LogP contribution in [0.15, 0.2) is 36.4 Å². The van der Waals surface area contributed by atoms with Crippen molar-refractivity contribution in [2.45, 2.75) is 13.3 Å². The largest absolute Gasteiger partial charge is 0.493 e. The standard InChI is InChI=1S/C17H17FO3/c1-11-8-13(18)5-6-14(11)15(19)9-12-4-7-16(20-2)17(10-12)21-3/h4-8,10H,9H2,1-3H3. The molecule has 0 saturated heterocycles. The van der Waals surface area contributed by atoms with Gasteiger partial charge in [0.2, 0.25) is 0 Å². The third-order valence-corrected chi connectivity index (χ3v) is 3.30. The van der Waals surface area contributed by atoms with Crippen molar-refractivity contribution >= 4 is 5.78 Å². The Morgan fingerprint density at radius 3 is 2.38 bits per heavy atom. The maximum absolute atomic E-state index is 13.1.